The van der Waals surface area contributed by atoms with Gasteiger partial charge in [-0.3, -0.25) is 46.5 Å². The summed E-state index contributed by atoms with van der Waals surface area (Å²) in [5, 5.41) is 0. The quantitative estimate of drug-likeness (QED) is 0.178. The third-order valence-corrected chi connectivity index (χ3v) is 18.3. The Kier molecular flexibility index (Phi) is 17.4. The Morgan fingerprint density at radius 3 is 1.23 bits per heavy atom. The Morgan fingerprint density at radius 2 is 0.814 bits per heavy atom. The van der Waals surface area contributed by atoms with E-state index in [4.69, 9.17) is 0 Å². The van der Waals surface area contributed by atoms with Crippen molar-refractivity contribution in [3.63, 3.8) is 0 Å². The second-order valence-electron chi connectivity index (χ2n) is 18.9. The van der Waals surface area contributed by atoms with E-state index in [0.717, 1.165) is 12.2 Å². The van der Waals surface area contributed by atoms with E-state index in [-0.39, 0.29) is 70.8 Å². The van der Waals surface area contributed by atoms with Gasteiger partial charge in [0.2, 0.25) is 0 Å². The molecular formula is C51H40N6O23S6. The third-order valence-electron chi connectivity index (χ3n) is 13.0. The molecule has 0 saturated carbocycles. The summed E-state index contributed by atoms with van der Waals surface area (Å²) in [7, 11) is -31.8. The fraction of sp³-hybridized carbons (Fsp3) is 0.157. The van der Waals surface area contributed by atoms with E-state index in [1.54, 1.807) is 13.8 Å². The number of carbonyl (C=O) groups is 5. The molecule has 8 rings (SSSR count). The van der Waals surface area contributed by atoms with Crippen molar-refractivity contribution in [3.8, 4) is 0 Å². The summed E-state index contributed by atoms with van der Waals surface area (Å²) in [5.74, 6) is -3.83. The lowest BCUT2D eigenvalue weighted by molar-refractivity contribution is -0.115. The highest BCUT2D eigenvalue weighted by molar-refractivity contribution is 7.95. The van der Waals surface area contributed by atoms with Crippen molar-refractivity contribution in [2.45, 2.75) is 72.0 Å². The number of carbonyl (C=O) groups excluding carboxylic acids is 5. The smallest absolute Gasteiger partial charge is 0.282 e. The van der Waals surface area contributed by atoms with Crippen LogP contribution in [0.4, 0.5) is 4.79 Å². The van der Waals surface area contributed by atoms with Gasteiger partial charge in [0.05, 0.1) is 53.9 Å². The van der Waals surface area contributed by atoms with Gasteiger partial charge >= 0.3 is 6.03 Å². The minimum Gasteiger partial charge on any atom is -0.282 e. The van der Waals surface area contributed by atoms with Gasteiger partial charge in [0.25, 0.3) is 84.3 Å². The largest absolute Gasteiger partial charge is 0.367 e. The number of allylic oxidation sites excluding steroid dienone is 14. The molecule has 2 aromatic rings. The lowest BCUT2D eigenvalue weighted by Gasteiger charge is -2.21. The monoisotopic (exact) mass is 1300 g/mol. The SMILES string of the molecule is CC1=CCC(C(=O)N=C2CC=C(S(=O)(=O)O)c3cc(S(=O)(=O)O)cc(S(=O)(=O)O)c32)=CC1=NC(=O)C1=CC=CC(=NC(=O)/N=C2\C=CC=C(C(=O)N=C3CC(C(=O)N=C4CC=C(S(=O)(=O)O)c5cc(S(=O)(=O)O)cc(S(=O)(=O)O)c54)=CC=C3C)C2)C1. The maximum absolute atomic E-state index is 13.7. The molecule has 6 N–H and O–H groups in total. The van der Waals surface area contributed by atoms with Gasteiger partial charge < -0.3 is 0 Å². The Morgan fingerprint density at radius 1 is 0.407 bits per heavy atom. The number of fused-ring (bicyclic) bond motifs is 2. The van der Waals surface area contributed by atoms with Crippen molar-refractivity contribution < 1.29 is 102 Å². The van der Waals surface area contributed by atoms with Crippen LogP contribution in [0.25, 0.3) is 9.81 Å². The predicted octanol–water partition coefficient (Wildman–Crippen LogP) is 4.53. The minimum absolute atomic E-state index is 0.0157. The van der Waals surface area contributed by atoms with Crippen molar-refractivity contribution in [3.05, 3.63) is 153 Å². The molecular weight excluding hydrogens is 1260 g/mol. The van der Waals surface area contributed by atoms with E-state index in [2.05, 4.69) is 30.0 Å². The lowest BCUT2D eigenvalue weighted by atomic mass is 9.94. The van der Waals surface area contributed by atoms with Crippen LogP contribution in [-0.2, 0) is 79.9 Å². The van der Waals surface area contributed by atoms with Gasteiger partial charge in [-0.2, -0.15) is 60.5 Å². The van der Waals surface area contributed by atoms with Crippen molar-refractivity contribution in [1.29, 1.82) is 0 Å². The first-order valence-electron chi connectivity index (χ1n) is 24.1. The van der Waals surface area contributed by atoms with Gasteiger partial charge in [0, 0.05) is 76.7 Å². The summed E-state index contributed by atoms with van der Waals surface area (Å²) in [4.78, 5) is 84.8. The third kappa shape index (κ3) is 14.3. The maximum Gasteiger partial charge on any atom is 0.367 e. The van der Waals surface area contributed by atoms with E-state index >= 15 is 0 Å². The summed E-state index contributed by atoms with van der Waals surface area (Å²) >= 11 is 0. The predicted molar refractivity (Wildman–Crippen MR) is 305 cm³/mol. The van der Waals surface area contributed by atoms with Gasteiger partial charge in [-0.05, 0) is 73.9 Å². The normalized spacial score (nSPS) is 20.5. The molecule has 86 heavy (non-hydrogen) atoms. The van der Waals surface area contributed by atoms with Crippen LogP contribution in [0.3, 0.4) is 0 Å². The molecule has 0 heterocycles. The molecule has 0 atom stereocenters. The average molecular weight is 1300 g/mol. The molecule has 0 spiro atoms. The van der Waals surface area contributed by atoms with Crippen molar-refractivity contribution in [2.75, 3.05) is 0 Å². The van der Waals surface area contributed by atoms with Gasteiger partial charge in [-0.15, -0.1) is 0 Å². The number of aliphatic imine (C=N–C) groups is 6. The number of benzene rings is 2. The second-order valence-corrected chi connectivity index (χ2v) is 27.3. The number of hydrogen-bond donors (Lipinski definition) is 6. The summed E-state index contributed by atoms with van der Waals surface area (Å²) in [5.41, 5.74) is -3.56. The Hall–Kier alpha value is -8.33. The second kappa shape index (κ2) is 23.5. The molecule has 0 bridgehead atoms. The number of hydrogen-bond acceptors (Lipinski definition) is 17. The Labute approximate surface area is 488 Å². The molecule has 448 valence electrons. The van der Waals surface area contributed by atoms with E-state index < -0.39 is 166 Å². The first kappa shape index (κ1) is 63.7. The van der Waals surface area contributed by atoms with E-state index in [0.29, 0.717) is 35.4 Å². The fourth-order valence-corrected chi connectivity index (χ4v) is 13.2. The van der Waals surface area contributed by atoms with Crippen LogP contribution in [0.5, 0.6) is 0 Å². The van der Waals surface area contributed by atoms with E-state index in [1.807, 2.05) is 0 Å². The van der Waals surface area contributed by atoms with Crippen LogP contribution in [0, 0.1) is 0 Å². The summed E-state index contributed by atoms with van der Waals surface area (Å²) in [6.07, 6.45) is 13.1. The highest BCUT2D eigenvalue weighted by Gasteiger charge is 2.37. The first-order valence-corrected chi connectivity index (χ1v) is 32.7. The molecule has 6 aliphatic carbocycles. The molecule has 6 aliphatic rings. The van der Waals surface area contributed by atoms with Crippen LogP contribution in [-0.4, -0.2) is 142 Å². The first-order chi connectivity index (χ1) is 39.8. The molecule has 0 aromatic heterocycles. The summed E-state index contributed by atoms with van der Waals surface area (Å²) in [6, 6.07) is 0.533. The standard InChI is InChI=1S/C51H40N6O23S6/c1-25-9-11-29(49(60)54-37-13-15-41(83(69,70)71)35-21-33(81(63,64)65)23-43(45(35)37)85(75,76)77)19-39(25)56-47(58)27-5-3-7-31(17-27)52-51(62)53-32-8-4-6-28(18-32)48(59)57-40-20-30(12-10-26(40)2)50(61)55-38-14-16-42(84(72,73)74)36-22-34(82(66,67)68)24-44(46(36)38)86(78,79)80/h3-11,15-16,20-24H,12-14,17-19H2,1-2H3,(H,63,64,65)(H,66,67,68)(H,69,70,71)(H,72,73,74)(H,75,76,77)(H,78,79,80)/b52-31+,53-32?,54-37?,55-38?,56-39?,57-40?. The van der Waals surface area contributed by atoms with Crippen LogP contribution in [0.15, 0.2) is 180 Å². The van der Waals surface area contributed by atoms with E-state index in [1.165, 1.54) is 60.8 Å². The molecule has 0 saturated heterocycles. The molecule has 0 aliphatic heterocycles. The number of rotatable bonds is 10. The van der Waals surface area contributed by atoms with Gasteiger partial charge in [0.1, 0.15) is 9.79 Å². The fourth-order valence-electron chi connectivity index (χ4n) is 8.97. The highest BCUT2D eigenvalue weighted by Crippen LogP contribution is 2.39. The lowest BCUT2D eigenvalue weighted by Crippen LogP contribution is -2.21. The molecule has 2 aromatic carbocycles. The van der Waals surface area contributed by atoms with Crippen molar-refractivity contribution >= 4 is 134 Å². The van der Waals surface area contributed by atoms with Crippen LogP contribution in [0.2, 0.25) is 0 Å². The molecule has 29 nitrogen and oxygen atoms in total. The number of urea groups is 1. The summed E-state index contributed by atoms with van der Waals surface area (Å²) in [6.45, 7) is 3.11. The number of amides is 6. The molecule has 0 unspecified atom stereocenters. The van der Waals surface area contributed by atoms with Crippen LogP contribution in [0.1, 0.15) is 74.6 Å². The highest BCUT2D eigenvalue weighted by atomic mass is 32.2. The Bertz CT molecular complexity index is 4830. The zero-order valence-electron chi connectivity index (χ0n) is 43.7. The molecule has 35 heteroatoms. The topological polar surface area (TPSA) is 486 Å². The molecule has 0 fully saturated rings. The van der Waals surface area contributed by atoms with Crippen LogP contribution >= 0.6 is 0 Å². The Balaban J connectivity index is 0.948. The number of nitrogens with zero attached hydrogens (tertiary/aromatic N) is 6. The van der Waals surface area contributed by atoms with Crippen LogP contribution < -0.4 is 0 Å². The van der Waals surface area contributed by atoms with Crippen molar-refractivity contribution in [1.82, 2.24) is 0 Å². The van der Waals surface area contributed by atoms with Crippen molar-refractivity contribution in [2.24, 2.45) is 30.0 Å². The average Bonchev–Trinajstić information content (AvgIpc) is 0.808. The summed E-state index contributed by atoms with van der Waals surface area (Å²) < 4.78 is 206. The maximum atomic E-state index is 13.7. The molecule has 6 amide bonds. The zero-order chi connectivity index (χ0) is 63.4. The van der Waals surface area contributed by atoms with E-state index in [9.17, 15) is 102 Å². The van der Waals surface area contributed by atoms with Gasteiger partial charge in [0.15, 0.2) is 0 Å². The molecule has 0 radical (unpaired) electrons. The minimum atomic E-state index is -5.45. The van der Waals surface area contributed by atoms with Gasteiger partial charge in [-0.1, -0.05) is 54.7 Å². The van der Waals surface area contributed by atoms with Gasteiger partial charge in [-0.25, -0.2) is 24.8 Å². The zero-order valence-corrected chi connectivity index (χ0v) is 48.6.